The number of anilines is 1. The Labute approximate surface area is 215 Å². The van der Waals surface area contributed by atoms with Crippen LogP contribution in [-0.2, 0) is 16.1 Å². The number of nitrogens with one attached hydrogen (secondary N) is 1. The third kappa shape index (κ3) is 11.5. The number of hydrogen-bond donors (Lipinski definition) is 3. The number of aliphatic hydroxyl groups excluding tert-OH is 1. The van der Waals surface area contributed by atoms with Gasteiger partial charge in [0.2, 0.25) is 5.95 Å². The first-order valence-electron chi connectivity index (χ1n) is 14.0. The molecule has 1 atom stereocenters. The zero-order valence-corrected chi connectivity index (χ0v) is 22.2. The van der Waals surface area contributed by atoms with E-state index in [2.05, 4.69) is 21.9 Å². The van der Waals surface area contributed by atoms with Crippen molar-refractivity contribution in [2.75, 3.05) is 18.9 Å². The lowest BCUT2D eigenvalue weighted by Gasteiger charge is -2.17. The van der Waals surface area contributed by atoms with Crippen LogP contribution in [0.1, 0.15) is 110 Å². The smallest absolute Gasteiger partial charge is 0.305 e. The first-order valence-corrected chi connectivity index (χ1v) is 14.0. The molecule has 0 spiro atoms. The van der Waals surface area contributed by atoms with E-state index in [0.29, 0.717) is 31.5 Å². The Morgan fingerprint density at radius 3 is 2.25 bits per heavy atom. The number of hydrogen-bond acceptors (Lipinski definition) is 7. The van der Waals surface area contributed by atoms with Crippen LogP contribution in [0.25, 0.3) is 11.2 Å². The van der Waals surface area contributed by atoms with Gasteiger partial charge >= 0.3 is 5.97 Å². The molecule has 0 fully saturated rings. The lowest BCUT2D eigenvalue weighted by molar-refractivity contribution is -0.145. The molecule has 2 rings (SSSR count). The van der Waals surface area contributed by atoms with Crippen molar-refractivity contribution in [2.45, 2.75) is 116 Å². The molecule has 9 heteroatoms. The molecule has 9 nitrogen and oxygen atoms in total. The van der Waals surface area contributed by atoms with Gasteiger partial charge in [0.1, 0.15) is 0 Å². The Bertz CT molecular complexity index is 927. The summed E-state index contributed by atoms with van der Waals surface area (Å²) in [6.07, 6.45) is 19.8. The van der Waals surface area contributed by atoms with Gasteiger partial charge in [-0.05, 0) is 19.3 Å². The number of nitrogens with zero attached hydrogens (tertiary/aromatic N) is 3. The van der Waals surface area contributed by atoms with E-state index < -0.39 is 0 Å². The maximum absolute atomic E-state index is 12.3. The molecule has 0 aliphatic rings. The number of ether oxygens (including phenoxy) is 1. The molecule has 0 saturated heterocycles. The molecule has 2 aromatic rings. The molecule has 2 heterocycles. The molecule has 0 amide bonds. The van der Waals surface area contributed by atoms with Gasteiger partial charge in [-0.3, -0.25) is 14.6 Å². The lowest BCUT2D eigenvalue weighted by atomic mass is 10.0. The van der Waals surface area contributed by atoms with E-state index in [1.54, 1.807) is 10.9 Å². The number of unbranched alkanes of at least 4 members (excludes halogenated alkanes) is 12. The zero-order valence-electron chi connectivity index (χ0n) is 22.2. The number of esters is 1. The monoisotopic (exact) mass is 505 g/mol. The number of carbonyl (C=O) groups excluding carboxylic acids is 1. The van der Waals surface area contributed by atoms with Crippen molar-refractivity contribution in [1.82, 2.24) is 19.5 Å². The van der Waals surface area contributed by atoms with Gasteiger partial charge in [-0.1, -0.05) is 84.0 Å². The quantitative estimate of drug-likeness (QED) is 0.158. The fourth-order valence-electron chi connectivity index (χ4n) is 4.56. The number of H-pyrrole nitrogens is 1. The summed E-state index contributed by atoms with van der Waals surface area (Å²) >= 11 is 0. The highest BCUT2D eigenvalue weighted by atomic mass is 16.5. The predicted octanol–water partition coefficient (Wildman–Crippen LogP) is 5.12. The highest BCUT2D eigenvalue weighted by Gasteiger charge is 2.16. The molecule has 0 unspecified atom stereocenters. The number of fused-ring (bicyclic) bond motifs is 1. The van der Waals surface area contributed by atoms with Crippen molar-refractivity contribution in [3.05, 3.63) is 16.7 Å². The first-order chi connectivity index (χ1) is 17.5. The van der Waals surface area contributed by atoms with E-state index in [0.717, 1.165) is 12.8 Å². The Morgan fingerprint density at radius 2 is 1.64 bits per heavy atom. The summed E-state index contributed by atoms with van der Waals surface area (Å²) in [5, 5.41) is 9.25. The highest BCUT2D eigenvalue weighted by molar-refractivity contribution is 5.70. The third-order valence-electron chi connectivity index (χ3n) is 6.68. The largest absolute Gasteiger partial charge is 0.465 e. The molecule has 0 bridgehead atoms. The van der Waals surface area contributed by atoms with E-state index >= 15 is 0 Å². The summed E-state index contributed by atoms with van der Waals surface area (Å²) in [6.45, 7) is 3.05. The maximum Gasteiger partial charge on any atom is 0.305 e. The van der Waals surface area contributed by atoms with Gasteiger partial charge in [0, 0.05) is 25.5 Å². The maximum atomic E-state index is 12.3. The molecule has 0 aromatic carbocycles. The number of nitrogen functional groups attached to an aromatic ring is 1. The molecule has 2 aromatic heterocycles. The summed E-state index contributed by atoms with van der Waals surface area (Å²) in [7, 11) is 0. The van der Waals surface area contributed by atoms with Crippen molar-refractivity contribution in [1.29, 1.82) is 0 Å². The average molecular weight is 506 g/mol. The third-order valence-corrected chi connectivity index (χ3v) is 6.68. The summed E-state index contributed by atoms with van der Waals surface area (Å²) in [4.78, 5) is 35.0. The number of aromatic amines is 1. The van der Waals surface area contributed by atoms with Gasteiger partial charge in [0.05, 0.1) is 12.9 Å². The van der Waals surface area contributed by atoms with E-state index in [-0.39, 0.29) is 42.1 Å². The van der Waals surface area contributed by atoms with Crippen LogP contribution in [0.4, 0.5) is 5.95 Å². The number of aromatic nitrogens is 4. The molecule has 4 N–H and O–H groups in total. The number of aliphatic hydroxyl groups is 1. The highest BCUT2D eigenvalue weighted by Crippen LogP contribution is 2.16. The molecular formula is C27H47N5O4. The van der Waals surface area contributed by atoms with Crippen LogP contribution in [0.2, 0.25) is 0 Å². The van der Waals surface area contributed by atoms with Crippen LogP contribution in [0.5, 0.6) is 0 Å². The van der Waals surface area contributed by atoms with Crippen LogP contribution in [-0.4, -0.2) is 43.8 Å². The minimum Gasteiger partial charge on any atom is -0.465 e. The molecule has 204 valence electrons. The zero-order chi connectivity index (χ0) is 26.0. The number of imidazole rings is 1. The molecule has 0 saturated carbocycles. The van der Waals surface area contributed by atoms with Crippen LogP contribution >= 0.6 is 0 Å². The van der Waals surface area contributed by atoms with Crippen molar-refractivity contribution in [2.24, 2.45) is 5.92 Å². The van der Waals surface area contributed by atoms with Gasteiger partial charge in [-0.2, -0.15) is 4.98 Å². The van der Waals surface area contributed by atoms with Crippen LogP contribution in [0, 0.1) is 5.92 Å². The molecule has 36 heavy (non-hydrogen) atoms. The Balaban J connectivity index is 1.60. The summed E-state index contributed by atoms with van der Waals surface area (Å²) < 4.78 is 7.30. The fourth-order valence-corrected chi connectivity index (χ4v) is 4.56. The number of carbonyl (C=O) groups is 1. The second-order valence-corrected chi connectivity index (χ2v) is 9.93. The van der Waals surface area contributed by atoms with Gasteiger partial charge < -0.3 is 20.1 Å². The second kappa shape index (κ2) is 17.9. The molecular weight excluding hydrogens is 458 g/mol. The minimum atomic E-state index is -0.382. The van der Waals surface area contributed by atoms with Crippen molar-refractivity contribution in [3.8, 4) is 0 Å². The normalized spacial score (nSPS) is 12.3. The Hall–Kier alpha value is -2.42. The van der Waals surface area contributed by atoms with Crippen molar-refractivity contribution >= 4 is 23.1 Å². The van der Waals surface area contributed by atoms with Gasteiger partial charge in [-0.25, -0.2) is 4.98 Å². The van der Waals surface area contributed by atoms with Crippen LogP contribution < -0.4 is 11.3 Å². The standard InChI is InChI=1S/C27H47N5O4/c1-2-3-4-5-6-7-8-9-10-11-12-13-14-17-23(34)36-20-22(16-15-18-33)19-32-21-29-24-25(32)30-27(28)31-26(24)35/h21-22,33H,2-20H2,1H3,(H3,28,30,31,35)/t22-/m1/s1. The summed E-state index contributed by atoms with van der Waals surface area (Å²) in [5.74, 6) is -0.167. The first kappa shape index (κ1) is 29.8. The molecule has 0 aliphatic carbocycles. The second-order valence-electron chi connectivity index (χ2n) is 9.93. The van der Waals surface area contributed by atoms with Crippen LogP contribution in [0.15, 0.2) is 11.1 Å². The van der Waals surface area contributed by atoms with E-state index in [9.17, 15) is 14.7 Å². The van der Waals surface area contributed by atoms with Gasteiger partial charge in [0.15, 0.2) is 11.2 Å². The Kier molecular flexibility index (Phi) is 14.8. The number of nitrogens with two attached hydrogens (primary N) is 1. The average Bonchev–Trinajstić information content (AvgIpc) is 3.26. The van der Waals surface area contributed by atoms with Crippen molar-refractivity contribution < 1.29 is 14.6 Å². The lowest BCUT2D eigenvalue weighted by Crippen LogP contribution is -2.20. The van der Waals surface area contributed by atoms with E-state index in [1.165, 1.54) is 70.6 Å². The summed E-state index contributed by atoms with van der Waals surface area (Å²) in [6, 6.07) is 0. The SMILES string of the molecule is CCCCCCCCCCCCCCCC(=O)OC[C@H](CCCO)Cn1cnc2c(=O)[nH]c(N)nc21. The topological polar surface area (TPSA) is 136 Å². The molecule has 0 radical (unpaired) electrons. The Morgan fingerprint density at radius 1 is 1.03 bits per heavy atom. The van der Waals surface area contributed by atoms with E-state index in [4.69, 9.17) is 10.5 Å². The molecule has 0 aliphatic heterocycles. The fraction of sp³-hybridized carbons (Fsp3) is 0.778. The predicted molar refractivity (Wildman–Crippen MR) is 144 cm³/mol. The van der Waals surface area contributed by atoms with Crippen LogP contribution in [0.3, 0.4) is 0 Å². The van der Waals surface area contributed by atoms with Gasteiger partial charge in [-0.15, -0.1) is 0 Å². The van der Waals surface area contributed by atoms with E-state index in [1.807, 2.05) is 0 Å². The minimum absolute atomic E-state index is 0.0209. The van der Waals surface area contributed by atoms with Gasteiger partial charge in [0.25, 0.3) is 5.56 Å². The number of rotatable bonds is 21. The summed E-state index contributed by atoms with van der Waals surface area (Å²) in [5.41, 5.74) is 5.92. The van der Waals surface area contributed by atoms with Crippen molar-refractivity contribution in [3.63, 3.8) is 0 Å².